The number of ether oxygens (including phenoxy) is 1. The van der Waals surface area contributed by atoms with Crippen molar-refractivity contribution in [1.82, 2.24) is 4.90 Å². The molecule has 0 radical (unpaired) electrons. The Labute approximate surface area is 162 Å². The lowest BCUT2D eigenvalue weighted by atomic mass is 9.98. The first-order valence-corrected chi connectivity index (χ1v) is 9.45. The Morgan fingerprint density at radius 2 is 2.04 bits per heavy atom. The highest BCUT2D eigenvalue weighted by molar-refractivity contribution is 5.94. The molecule has 2 aromatic rings. The smallest absolute Gasteiger partial charge is 0.290 e. The summed E-state index contributed by atoms with van der Waals surface area (Å²) >= 11 is 0. The summed E-state index contributed by atoms with van der Waals surface area (Å²) in [5, 5.41) is 2.90. The van der Waals surface area contributed by atoms with Crippen LogP contribution in [0.1, 0.15) is 40.3 Å². The molecule has 1 fully saturated rings. The minimum Gasteiger partial charge on any atom is -0.456 e. The first kappa shape index (κ1) is 18.4. The Hall–Kier alpha value is -2.93. The number of aryl methyl sites for hydroxylation is 1. The molecule has 1 aromatic carbocycles. The van der Waals surface area contributed by atoms with Crippen LogP contribution in [-0.2, 0) is 22.5 Å². The molecule has 1 atom stereocenters. The third-order valence-corrected chi connectivity index (χ3v) is 5.10. The zero-order chi connectivity index (χ0) is 19.7. The number of benzene rings is 1. The van der Waals surface area contributed by atoms with Gasteiger partial charge >= 0.3 is 0 Å². The Balaban J connectivity index is 1.50. The molecule has 0 saturated carbocycles. The van der Waals surface area contributed by atoms with Crippen molar-refractivity contribution in [2.24, 2.45) is 0 Å². The molecule has 28 heavy (non-hydrogen) atoms. The summed E-state index contributed by atoms with van der Waals surface area (Å²) in [6, 6.07) is 8.33. The van der Waals surface area contributed by atoms with Crippen molar-refractivity contribution in [1.29, 1.82) is 0 Å². The molecule has 1 saturated heterocycles. The van der Waals surface area contributed by atoms with Gasteiger partial charge in [0.15, 0.2) is 11.2 Å². The number of carbonyl (C=O) groups excluding carboxylic acids is 2. The van der Waals surface area contributed by atoms with Crippen LogP contribution in [0.5, 0.6) is 0 Å². The minimum atomic E-state index is -0.390. The lowest BCUT2D eigenvalue weighted by Crippen LogP contribution is -2.36. The van der Waals surface area contributed by atoms with E-state index in [-0.39, 0.29) is 23.0 Å². The summed E-state index contributed by atoms with van der Waals surface area (Å²) in [6.45, 7) is 3.21. The summed E-state index contributed by atoms with van der Waals surface area (Å²) in [4.78, 5) is 38.3. The fraction of sp³-hybridized carbons (Fsp3) is 0.381. The highest BCUT2D eigenvalue weighted by Crippen LogP contribution is 2.24. The summed E-state index contributed by atoms with van der Waals surface area (Å²) in [5.74, 6) is 0.0200. The molecule has 0 aliphatic carbocycles. The molecule has 2 aliphatic rings. The first-order chi connectivity index (χ1) is 13.5. The van der Waals surface area contributed by atoms with E-state index in [0.29, 0.717) is 37.6 Å². The maximum Gasteiger partial charge on any atom is 0.290 e. The standard InChI is InChI=1S/C21H22N2O5/c1-13-9-17(24)11-19(28-13)21(26)23-7-6-14-4-5-16(10-15(14)12-23)22-20(25)18-3-2-8-27-18/h4-5,9-11,18H,2-3,6-8,12H2,1H3,(H,22,25)/t18-/m1/s1. The predicted molar refractivity (Wildman–Crippen MR) is 102 cm³/mol. The van der Waals surface area contributed by atoms with Gasteiger partial charge in [0.2, 0.25) is 0 Å². The molecular formula is C21H22N2O5. The van der Waals surface area contributed by atoms with E-state index in [0.717, 1.165) is 24.0 Å². The summed E-state index contributed by atoms with van der Waals surface area (Å²) in [5.41, 5.74) is 2.56. The summed E-state index contributed by atoms with van der Waals surface area (Å²) < 4.78 is 10.8. The van der Waals surface area contributed by atoms with E-state index in [1.807, 2.05) is 18.2 Å². The van der Waals surface area contributed by atoms with Gasteiger partial charge in [-0.2, -0.15) is 0 Å². The van der Waals surface area contributed by atoms with Crippen molar-refractivity contribution in [3.8, 4) is 0 Å². The monoisotopic (exact) mass is 382 g/mol. The fourth-order valence-corrected chi connectivity index (χ4v) is 3.68. The zero-order valence-electron chi connectivity index (χ0n) is 15.7. The maximum absolute atomic E-state index is 12.8. The molecular weight excluding hydrogens is 360 g/mol. The normalized spacial score (nSPS) is 18.6. The van der Waals surface area contributed by atoms with E-state index >= 15 is 0 Å². The van der Waals surface area contributed by atoms with Crippen LogP contribution < -0.4 is 10.7 Å². The predicted octanol–water partition coefficient (Wildman–Crippen LogP) is 2.26. The van der Waals surface area contributed by atoms with E-state index in [9.17, 15) is 14.4 Å². The van der Waals surface area contributed by atoms with Gasteiger partial charge in [0.05, 0.1) is 0 Å². The van der Waals surface area contributed by atoms with Crippen LogP contribution in [0, 0.1) is 6.92 Å². The lowest BCUT2D eigenvalue weighted by molar-refractivity contribution is -0.124. The van der Waals surface area contributed by atoms with Crippen LogP contribution in [0.15, 0.2) is 39.5 Å². The Morgan fingerprint density at radius 3 is 2.79 bits per heavy atom. The second-order valence-electron chi connectivity index (χ2n) is 7.22. The third kappa shape index (κ3) is 3.84. The highest BCUT2D eigenvalue weighted by Gasteiger charge is 2.26. The summed E-state index contributed by atoms with van der Waals surface area (Å²) in [7, 11) is 0. The van der Waals surface area contributed by atoms with Crippen LogP contribution in [0.2, 0.25) is 0 Å². The fourth-order valence-electron chi connectivity index (χ4n) is 3.68. The van der Waals surface area contributed by atoms with Gasteiger partial charge < -0.3 is 19.4 Å². The molecule has 3 heterocycles. The first-order valence-electron chi connectivity index (χ1n) is 9.45. The van der Waals surface area contributed by atoms with Crippen LogP contribution in [-0.4, -0.2) is 36.0 Å². The van der Waals surface area contributed by atoms with Crippen molar-refractivity contribution in [3.63, 3.8) is 0 Å². The second-order valence-corrected chi connectivity index (χ2v) is 7.22. The SMILES string of the molecule is Cc1cc(=O)cc(C(=O)N2CCc3ccc(NC(=O)[C@H]4CCCO4)cc3C2)o1. The molecule has 4 rings (SSSR count). The number of nitrogens with zero attached hydrogens (tertiary/aromatic N) is 1. The number of carbonyl (C=O) groups is 2. The Morgan fingerprint density at radius 1 is 1.18 bits per heavy atom. The quantitative estimate of drug-likeness (QED) is 0.880. The molecule has 0 unspecified atom stereocenters. The van der Waals surface area contributed by atoms with Gasteiger partial charge in [-0.1, -0.05) is 6.07 Å². The molecule has 1 N–H and O–H groups in total. The van der Waals surface area contributed by atoms with Crippen LogP contribution in [0.3, 0.4) is 0 Å². The largest absolute Gasteiger partial charge is 0.456 e. The van der Waals surface area contributed by atoms with E-state index < -0.39 is 6.10 Å². The van der Waals surface area contributed by atoms with Gasteiger partial charge in [0.25, 0.3) is 11.8 Å². The van der Waals surface area contributed by atoms with Gasteiger partial charge in [-0.3, -0.25) is 14.4 Å². The molecule has 1 aromatic heterocycles. The average molecular weight is 382 g/mol. The Bertz CT molecular complexity index is 975. The molecule has 0 spiro atoms. The molecule has 0 bridgehead atoms. The maximum atomic E-state index is 12.8. The highest BCUT2D eigenvalue weighted by atomic mass is 16.5. The summed E-state index contributed by atoms with van der Waals surface area (Å²) in [6.07, 6.45) is 1.95. The van der Waals surface area contributed by atoms with Gasteiger partial charge in [-0.05, 0) is 49.4 Å². The van der Waals surface area contributed by atoms with Crippen LogP contribution in [0.25, 0.3) is 0 Å². The van der Waals surface area contributed by atoms with Gasteiger partial charge in [0.1, 0.15) is 11.9 Å². The Kier molecular flexibility index (Phi) is 5.00. The van der Waals surface area contributed by atoms with E-state index in [2.05, 4.69) is 5.32 Å². The van der Waals surface area contributed by atoms with Crippen LogP contribution >= 0.6 is 0 Å². The molecule has 2 amide bonds. The number of hydrogen-bond donors (Lipinski definition) is 1. The van der Waals surface area contributed by atoms with Crippen molar-refractivity contribution < 1.29 is 18.7 Å². The van der Waals surface area contributed by atoms with Gasteiger partial charge in [0, 0.05) is 37.5 Å². The van der Waals surface area contributed by atoms with Gasteiger partial charge in [-0.25, -0.2) is 0 Å². The average Bonchev–Trinajstić information content (AvgIpc) is 3.21. The van der Waals surface area contributed by atoms with Crippen molar-refractivity contribution in [2.45, 2.75) is 38.8 Å². The minimum absolute atomic E-state index is 0.0521. The van der Waals surface area contributed by atoms with E-state index in [1.165, 1.54) is 12.1 Å². The van der Waals surface area contributed by atoms with Crippen molar-refractivity contribution in [2.75, 3.05) is 18.5 Å². The van der Waals surface area contributed by atoms with E-state index in [1.54, 1.807) is 11.8 Å². The molecule has 7 heteroatoms. The molecule has 7 nitrogen and oxygen atoms in total. The number of hydrogen-bond acceptors (Lipinski definition) is 5. The third-order valence-electron chi connectivity index (χ3n) is 5.10. The zero-order valence-corrected chi connectivity index (χ0v) is 15.7. The van der Waals surface area contributed by atoms with Crippen molar-refractivity contribution in [3.05, 3.63) is 63.2 Å². The molecule has 2 aliphatic heterocycles. The second kappa shape index (κ2) is 7.59. The lowest BCUT2D eigenvalue weighted by Gasteiger charge is -2.29. The topological polar surface area (TPSA) is 88.9 Å². The number of rotatable bonds is 3. The number of amides is 2. The number of nitrogens with one attached hydrogen (secondary N) is 1. The molecule has 146 valence electrons. The van der Waals surface area contributed by atoms with Gasteiger partial charge in [-0.15, -0.1) is 0 Å². The van der Waals surface area contributed by atoms with Crippen LogP contribution in [0.4, 0.5) is 5.69 Å². The van der Waals surface area contributed by atoms with E-state index in [4.69, 9.17) is 9.15 Å². The van der Waals surface area contributed by atoms with Crippen molar-refractivity contribution >= 4 is 17.5 Å². The number of anilines is 1. The number of fused-ring (bicyclic) bond motifs is 1.